The van der Waals surface area contributed by atoms with Gasteiger partial charge in [0.1, 0.15) is 23.2 Å². The summed E-state index contributed by atoms with van der Waals surface area (Å²) in [5, 5.41) is 13.5. The van der Waals surface area contributed by atoms with E-state index in [0.717, 1.165) is 31.6 Å². The Bertz CT molecular complexity index is 1110. The Morgan fingerprint density at radius 1 is 1.12 bits per heavy atom. The van der Waals surface area contributed by atoms with Crippen LogP contribution in [0.2, 0.25) is 15.2 Å². The maximum Gasteiger partial charge on any atom is 0.129 e. The van der Waals surface area contributed by atoms with Crippen molar-refractivity contribution in [3.63, 3.8) is 0 Å². The monoisotopic (exact) mass is 504 g/mol. The molecule has 1 fully saturated rings. The van der Waals surface area contributed by atoms with Crippen LogP contribution in [0.4, 0.5) is 5.69 Å². The fraction of sp³-hybridized carbons (Fsp3) is 0.292. The Kier molecular flexibility index (Phi) is 7.71. The van der Waals surface area contributed by atoms with E-state index in [2.05, 4.69) is 15.3 Å². The summed E-state index contributed by atoms with van der Waals surface area (Å²) in [6, 6.07) is 9.00. The van der Waals surface area contributed by atoms with Gasteiger partial charge in [0, 0.05) is 47.6 Å². The number of nitrogens with zero attached hydrogens (tertiary/aromatic N) is 2. The van der Waals surface area contributed by atoms with Gasteiger partial charge >= 0.3 is 0 Å². The summed E-state index contributed by atoms with van der Waals surface area (Å²) in [7, 11) is 0. The second-order valence-electron chi connectivity index (χ2n) is 7.73. The highest BCUT2D eigenvalue weighted by Crippen LogP contribution is 2.34. The normalized spacial score (nSPS) is 16.8. The van der Waals surface area contributed by atoms with E-state index in [9.17, 15) is 0 Å². The third-order valence-electron chi connectivity index (χ3n) is 5.38. The third-order valence-corrected chi connectivity index (χ3v) is 6.21. The van der Waals surface area contributed by atoms with Gasteiger partial charge in [0.05, 0.1) is 15.8 Å². The van der Waals surface area contributed by atoms with Gasteiger partial charge in [0.2, 0.25) is 0 Å². The number of pyridine rings is 2. The lowest BCUT2D eigenvalue weighted by Gasteiger charge is -2.26. The van der Waals surface area contributed by atoms with E-state index >= 15 is 0 Å². The molecule has 0 bridgehead atoms. The average molecular weight is 506 g/mol. The first-order valence-corrected chi connectivity index (χ1v) is 11.7. The van der Waals surface area contributed by atoms with Crippen LogP contribution in [0.15, 0.2) is 48.9 Å². The molecule has 0 spiro atoms. The van der Waals surface area contributed by atoms with E-state index in [1.165, 1.54) is 12.4 Å². The summed E-state index contributed by atoms with van der Waals surface area (Å²) >= 11 is 18.5. The SMILES string of the molecule is C[C@@H](Oc1ccc(NC2CCCCO2)c(C(=N)c2ccc(Cl)nc2)c1)c1c(Cl)cncc1Cl. The summed E-state index contributed by atoms with van der Waals surface area (Å²) in [6.45, 7) is 2.58. The molecule has 1 aliphatic heterocycles. The lowest BCUT2D eigenvalue weighted by Crippen LogP contribution is -2.28. The third kappa shape index (κ3) is 5.76. The fourth-order valence-corrected chi connectivity index (χ4v) is 4.49. The van der Waals surface area contributed by atoms with Crippen molar-refractivity contribution in [1.82, 2.24) is 9.97 Å². The molecule has 1 unspecified atom stereocenters. The molecular weight excluding hydrogens is 483 g/mol. The number of ether oxygens (including phenoxy) is 2. The van der Waals surface area contributed by atoms with Gasteiger partial charge in [-0.2, -0.15) is 0 Å². The van der Waals surface area contributed by atoms with Crippen molar-refractivity contribution in [1.29, 1.82) is 5.41 Å². The maximum absolute atomic E-state index is 8.84. The quantitative estimate of drug-likeness (QED) is 0.269. The van der Waals surface area contributed by atoms with E-state index in [0.29, 0.717) is 37.6 Å². The highest BCUT2D eigenvalue weighted by atomic mass is 35.5. The second-order valence-corrected chi connectivity index (χ2v) is 8.93. The van der Waals surface area contributed by atoms with Crippen LogP contribution in [-0.2, 0) is 4.74 Å². The highest BCUT2D eigenvalue weighted by molar-refractivity contribution is 6.35. The molecule has 3 heterocycles. The van der Waals surface area contributed by atoms with Gasteiger partial charge in [-0.05, 0) is 56.5 Å². The first-order valence-electron chi connectivity index (χ1n) is 10.6. The number of hydrogen-bond acceptors (Lipinski definition) is 6. The summed E-state index contributed by atoms with van der Waals surface area (Å²) in [4.78, 5) is 8.11. The van der Waals surface area contributed by atoms with Crippen molar-refractivity contribution >= 4 is 46.2 Å². The highest BCUT2D eigenvalue weighted by Gasteiger charge is 2.20. The Morgan fingerprint density at radius 2 is 1.91 bits per heavy atom. The van der Waals surface area contributed by atoms with Crippen LogP contribution in [0, 0.1) is 5.41 Å². The molecule has 3 aromatic rings. The van der Waals surface area contributed by atoms with Gasteiger partial charge in [-0.25, -0.2) is 4.98 Å². The zero-order chi connectivity index (χ0) is 23.4. The summed E-state index contributed by atoms with van der Waals surface area (Å²) in [5.41, 5.74) is 3.02. The van der Waals surface area contributed by atoms with Crippen LogP contribution in [0.5, 0.6) is 5.75 Å². The van der Waals surface area contributed by atoms with Gasteiger partial charge in [0.15, 0.2) is 0 Å². The van der Waals surface area contributed by atoms with Crippen LogP contribution >= 0.6 is 34.8 Å². The molecule has 1 saturated heterocycles. The lowest BCUT2D eigenvalue weighted by molar-refractivity contribution is 0.0343. The van der Waals surface area contributed by atoms with Gasteiger partial charge in [0.25, 0.3) is 0 Å². The molecule has 1 aliphatic rings. The molecule has 6 nitrogen and oxygen atoms in total. The Labute approximate surface area is 207 Å². The number of nitrogens with one attached hydrogen (secondary N) is 2. The summed E-state index contributed by atoms with van der Waals surface area (Å²) in [5.74, 6) is 0.572. The van der Waals surface area contributed by atoms with E-state index in [1.54, 1.807) is 18.3 Å². The average Bonchev–Trinajstić information content (AvgIpc) is 2.81. The molecule has 0 saturated carbocycles. The molecule has 33 heavy (non-hydrogen) atoms. The van der Waals surface area contributed by atoms with E-state index < -0.39 is 6.10 Å². The number of benzene rings is 1. The number of aromatic nitrogens is 2. The predicted molar refractivity (Wildman–Crippen MR) is 132 cm³/mol. The molecule has 172 valence electrons. The van der Waals surface area contributed by atoms with Crippen molar-refractivity contribution < 1.29 is 9.47 Å². The molecule has 1 aromatic carbocycles. The minimum absolute atomic E-state index is 0.103. The zero-order valence-electron chi connectivity index (χ0n) is 17.9. The van der Waals surface area contributed by atoms with Crippen molar-refractivity contribution in [3.05, 3.63) is 80.8 Å². The smallest absolute Gasteiger partial charge is 0.129 e. The molecule has 0 amide bonds. The largest absolute Gasteiger partial charge is 0.486 e. The number of hydrogen-bond donors (Lipinski definition) is 2. The van der Waals surface area contributed by atoms with Crippen molar-refractivity contribution in [3.8, 4) is 5.75 Å². The number of halogens is 3. The van der Waals surface area contributed by atoms with Crippen molar-refractivity contribution in [2.75, 3.05) is 11.9 Å². The fourth-order valence-electron chi connectivity index (χ4n) is 3.71. The van der Waals surface area contributed by atoms with Gasteiger partial charge < -0.3 is 14.8 Å². The van der Waals surface area contributed by atoms with Gasteiger partial charge in [-0.1, -0.05) is 34.8 Å². The van der Waals surface area contributed by atoms with E-state index in [-0.39, 0.29) is 11.9 Å². The molecular formula is C24H23Cl3N4O2. The van der Waals surface area contributed by atoms with E-state index in [4.69, 9.17) is 49.7 Å². The number of anilines is 1. The summed E-state index contributed by atoms with van der Waals surface area (Å²) in [6.07, 6.45) is 7.19. The molecule has 4 rings (SSSR count). The molecule has 2 aromatic heterocycles. The first-order chi connectivity index (χ1) is 15.9. The van der Waals surface area contributed by atoms with Crippen molar-refractivity contribution in [2.24, 2.45) is 0 Å². The van der Waals surface area contributed by atoms with E-state index in [1.807, 2.05) is 25.1 Å². The molecule has 0 aliphatic carbocycles. The minimum Gasteiger partial charge on any atom is -0.486 e. The lowest BCUT2D eigenvalue weighted by atomic mass is 10.0. The Morgan fingerprint density at radius 3 is 2.58 bits per heavy atom. The topological polar surface area (TPSA) is 80.1 Å². The van der Waals surface area contributed by atoms with Crippen LogP contribution < -0.4 is 10.1 Å². The summed E-state index contributed by atoms with van der Waals surface area (Å²) < 4.78 is 12.0. The van der Waals surface area contributed by atoms with Crippen LogP contribution in [0.25, 0.3) is 0 Å². The Hall–Kier alpha value is -2.38. The molecule has 0 radical (unpaired) electrons. The zero-order valence-corrected chi connectivity index (χ0v) is 20.2. The molecule has 2 atom stereocenters. The molecule has 9 heteroatoms. The predicted octanol–water partition coefficient (Wildman–Crippen LogP) is 6.93. The van der Waals surface area contributed by atoms with Crippen LogP contribution in [0.1, 0.15) is 49.0 Å². The minimum atomic E-state index is -0.423. The van der Waals surface area contributed by atoms with Crippen molar-refractivity contribution in [2.45, 2.75) is 38.5 Å². The standard InChI is InChI=1S/C24H23Cl3N4O2/c1-14(23-18(25)12-29-13-19(23)26)33-16-6-7-20(31-22-4-2-3-9-32-22)17(10-16)24(28)15-5-8-21(27)30-11-15/h5-8,10-14,22,28,31H,2-4,9H2,1H3/t14-,22?/m1/s1. The maximum atomic E-state index is 8.84. The van der Waals surface area contributed by atoms with Gasteiger partial charge in [-0.15, -0.1) is 0 Å². The van der Waals surface area contributed by atoms with Crippen LogP contribution in [0.3, 0.4) is 0 Å². The van der Waals surface area contributed by atoms with Crippen LogP contribution in [-0.4, -0.2) is 28.5 Å². The van der Waals surface area contributed by atoms with Gasteiger partial charge in [-0.3, -0.25) is 10.4 Å². The second kappa shape index (κ2) is 10.7. The molecule has 2 N–H and O–H groups in total. The number of rotatable bonds is 7. The first kappa shape index (κ1) is 23.8. The Balaban J connectivity index is 1.65.